The molecule has 0 radical (unpaired) electrons. The van der Waals surface area contributed by atoms with Gasteiger partial charge in [0.25, 0.3) is 5.69 Å². The number of nitrogens with zero attached hydrogens (tertiary/aromatic N) is 3. The largest absolute Gasteiger partial charge is 0.391 e. The highest BCUT2D eigenvalue weighted by Crippen LogP contribution is 2.33. The quantitative estimate of drug-likeness (QED) is 0.585. The first-order chi connectivity index (χ1) is 11.2. The summed E-state index contributed by atoms with van der Waals surface area (Å²) >= 11 is 0. The molecule has 0 atom stereocenters. The monoisotopic (exact) mass is 321 g/mol. The lowest BCUT2D eigenvalue weighted by Crippen LogP contribution is -3.15. The van der Waals surface area contributed by atoms with Crippen molar-refractivity contribution in [3.63, 3.8) is 0 Å². The molecule has 23 heavy (non-hydrogen) atoms. The third-order valence-corrected chi connectivity index (χ3v) is 4.90. The Hall–Kier alpha value is -1.86. The Labute approximate surface area is 136 Å². The number of nitro groups is 1. The van der Waals surface area contributed by atoms with Gasteiger partial charge in [-0.2, -0.15) is 0 Å². The zero-order valence-electron chi connectivity index (χ0n) is 13.4. The molecule has 7 nitrogen and oxygen atoms in total. The number of benzene rings is 1. The van der Waals surface area contributed by atoms with Crippen molar-refractivity contribution in [2.75, 3.05) is 62.2 Å². The summed E-state index contributed by atoms with van der Waals surface area (Å²) < 4.78 is 0. The molecule has 2 heterocycles. The van der Waals surface area contributed by atoms with E-state index in [-0.39, 0.29) is 17.2 Å². The summed E-state index contributed by atoms with van der Waals surface area (Å²) in [7, 11) is 0. The van der Waals surface area contributed by atoms with E-state index in [1.54, 1.807) is 6.07 Å². The highest BCUT2D eigenvalue weighted by molar-refractivity contribution is 5.70. The van der Waals surface area contributed by atoms with Crippen molar-refractivity contribution in [1.82, 2.24) is 0 Å². The Balaban J connectivity index is 1.81. The maximum Gasteiger partial charge on any atom is 0.292 e. The van der Waals surface area contributed by atoms with Crippen molar-refractivity contribution in [1.29, 1.82) is 0 Å². The highest BCUT2D eigenvalue weighted by Gasteiger charge is 2.26. The van der Waals surface area contributed by atoms with Crippen molar-refractivity contribution >= 4 is 17.1 Å². The second kappa shape index (κ2) is 7.14. The highest BCUT2D eigenvalue weighted by atomic mass is 16.6. The van der Waals surface area contributed by atoms with Crippen LogP contribution in [-0.2, 0) is 0 Å². The first kappa shape index (κ1) is 16.0. The summed E-state index contributed by atoms with van der Waals surface area (Å²) in [6, 6.07) is 5.51. The second-order valence-electron chi connectivity index (χ2n) is 6.33. The van der Waals surface area contributed by atoms with E-state index >= 15 is 0 Å². The minimum absolute atomic E-state index is 0.193. The standard InChI is InChI=1S/C16H24N4O3/c21-12-11-17-7-9-19(10-8-17)16-13-14(18-5-1-2-6-18)3-4-15(16)20(22)23/h3-4,13,21H,1-2,5-12H2/p+1. The van der Waals surface area contributed by atoms with E-state index in [4.69, 9.17) is 5.11 Å². The minimum Gasteiger partial charge on any atom is -0.391 e. The van der Waals surface area contributed by atoms with Gasteiger partial charge in [0.1, 0.15) is 12.2 Å². The second-order valence-corrected chi connectivity index (χ2v) is 6.33. The normalized spacial score (nSPS) is 19.3. The number of quaternary nitrogens is 1. The number of nitrogens with one attached hydrogen (secondary N) is 1. The summed E-state index contributed by atoms with van der Waals surface area (Å²) in [4.78, 5) is 16.9. The number of piperazine rings is 1. The van der Waals surface area contributed by atoms with Crippen molar-refractivity contribution in [2.45, 2.75) is 12.8 Å². The van der Waals surface area contributed by atoms with Crippen LogP contribution in [0, 0.1) is 10.1 Å². The topological polar surface area (TPSA) is 74.3 Å². The van der Waals surface area contributed by atoms with Gasteiger partial charge < -0.3 is 19.8 Å². The molecule has 0 bridgehead atoms. The number of hydrogen-bond donors (Lipinski definition) is 2. The Morgan fingerprint density at radius 3 is 2.43 bits per heavy atom. The lowest BCUT2D eigenvalue weighted by Gasteiger charge is -2.33. The Kier molecular flexibility index (Phi) is 4.97. The first-order valence-corrected chi connectivity index (χ1v) is 8.42. The predicted octanol–water partition coefficient (Wildman–Crippen LogP) is -0.108. The number of anilines is 2. The van der Waals surface area contributed by atoms with Crippen LogP contribution in [-0.4, -0.2) is 62.5 Å². The van der Waals surface area contributed by atoms with E-state index in [9.17, 15) is 10.1 Å². The molecule has 3 rings (SSSR count). The summed E-state index contributed by atoms with van der Waals surface area (Å²) in [5.74, 6) is 0. The zero-order valence-corrected chi connectivity index (χ0v) is 13.4. The van der Waals surface area contributed by atoms with Crippen molar-refractivity contribution < 1.29 is 14.9 Å². The van der Waals surface area contributed by atoms with Gasteiger partial charge in [-0.05, 0) is 25.0 Å². The average Bonchev–Trinajstić information content (AvgIpc) is 3.10. The van der Waals surface area contributed by atoms with E-state index in [1.807, 2.05) is 12.1 Å². The molecule has 0 spiro atoms. The minimum atomic E-state index is -0.282. The molecular formula is C16H25N4O3+. The van der Waals surface area contributed by atoms with Gasteiger partial charge in [0.15, 0.2) is 0 Å². The molecule has 2 N–H and O–H groups in total. The molecule has 126 valence electrons. The molecule has 0 amide bonds. The molecule has 0 saturated carbocycles. The first-order valence-electron chi connectivity index (χ1n) is 8.42. The zero-order chi connectivity index (χ0) is 16.2. The smallest absolute Gasteiger partial charge is 0.292 e. The lowest BCUT2D eigenvalue weighted by molar-refractivity contribution is -0.900. The van der Waals surface area contributed by atoms with Gasteiger partial charge in [-0.1, -0.05) is 0 Å². The molecular weight excluding hydrogens is 296 g/mol. The average molecular weight is 321 g/mol. The van der Waals surface area contributed by atoms with Crippen LogP contribution >= 0.6 is 0 Å². The molecule has 0 aromatic heterocycles. The SMILES string of the molecule is O=[N+]([O-])c1ccc(N2CCCC2)cc1N1CC[NH+](CCO)CC1. The number of nitro benzene ring substituents is 1. The third kappa shape index (κ3) is 3.56. The summed E-state index contributed by atoms with van der Waals surface area (Å²) in [5.41, 5.74) is 2.02. The molecule has 0 unspecified atom stereocenters. The lowest BCUT2D eigenvalue weighted by atomic mass is 10.2. The van der Waals surface area contributed by atoms with Crippen LogP contribution in [0.2, 0.25) is 0 Å². The van der Waals surface area contributed by atoms with Crippen molar-refractivity contribution in [2.24, 2.45) is 0 Å². The Morgan fingerprint density at radius 1 is 1.13 bits per heavy atom. The number of aliphatic hydroxyl groups is 1. The van der Waals surface area contributed by atoms with Crippen LogP contribution in [0.1, 0.15) is 12.8 Å². The third-order valence-electron chi connectivity index (χ3n) is 4.90. The van der Waals surface area contributed by atoms with E-state index in [1.165, 1.54) is 17.7 Å². The van der Waals surface area contributed by atoms with Crippen molar-refractivity contribution in [3.8, 4) is 0 Å². The fourth-order valence-corrected chi connectivity index (χ4v) is 3.56. The Morgan fingerprint density at radius 2 is 1.83 bits per heavy atom. The van der Waals surface area contributed by atoms with Crippen LogP contribution in [0.3, 0.4) is 0 Å². The van der Waals surface area contributed by atoms with E-state index in [0.717, 1.165) is 57.2 Å². The molecule has 2 aliphatic rings. The van der Waals surface area contributed by atoms with Crippen LogP contribution < -0.4 is 14.7 Å². The predicted molar refractivity (Wildman–Crippen MR) is 89.4 cm³/mol. The van der Waals surface area contributed by atoms with Gasteiger partial charge in [-0.3, -0.25) is 10.1 Å². The molecule has 2 aliphatic heterocycles. The molecule has 1 aromatic carbocycles. The van der Waals surface area contributed by atoms with Gasteiger partial charge in [0.2, 0.25) is 0 Å². The van der Waals surface area contributed by atoms with Crippen LogP contribution in [0.4, 0.5) is 17.1 Å². The Bertz CT molecular complexity index is 552. The maximum absolute atomic E-state index is 11.4. The van der Waals surface area contributed by atoms with Gasteiger partial charge in [0, 0.05) is 24.8 Å². The maximum atomic E-state index is 11.4. The summed E-state index contributed by atoms with van der Waals surface area (Å²) in [6.45, 7) is 6.41. The summed E-state index contributed by atoms with van der Waals surface area (Å²) in [6.07, 6.45) is 2.38. The fourth-order valence-electron chi connectivity index (χ4n) is 3.56. The number of hydrogen-bond acceptors (Lipinski definition) is 5. The van der Waals surface area contributed by atoms with Gasteiger partial charge in [-0.15, -0.1) is 0 Å². The van der Waals surface area contributed by atoms with Gasteiger partial charge in [0.05, 0.1) is 37.7 Å². The van der Waals surface area contributed by atoms with Crippen LogP contribution in [0.15, 0.2) is 18.2 Å². The molecule has 2 fully saturated rings. The number of rotatable bonds is 5. The fraction of sp³-hybridized carbons (Fsp3) is 0.625. The van der Waals surface area contributed by atoms with Crippen LogP contribution in [0.25, 0.3) is 0 Å². The number of aliphatic hydroxyl groups excluding tert-OH is 1. The van der Waals surface area contributed by atoms with Gasteiger partial charge >= 0.3 is 0 Å². The molecule has 7 heteroatoms. The van der Waals surface area contributed by atoms with Crippen LogP contribution in [0.5, 0.6) is 0 Å². The molecule has 0 aliphatic carbocycles. The van der Waals surface area contributed by atoms with Gasteiger partial charge in [-0.25, -0.2) is 0 Å². The van der Waals surface area contributed by atoms with Crippen molar-refractivity contribution in [3.05, 3.63) is 28.3 Å². The molecule has 2 saturated heterocycles. The summed E-state index contributed by atoms with van der Waals surface area (Å²) in [5, 5.41) is 20.4. The van der Waals surface area contributed by atoms with E-state index < -0.39 is 0 Å². The van der Waals surface area contributed by atoms with E-state index in [0.29, 0.717) is 0 Å². The van der Waals surface area contributed by atoms with E-state index in [2.05, 4.69) is 9.80 Å². The molecule has 1 aromatic rings.